The van der Waals surface area contributed by atoms with Gasteiger partial charge in [0.15, 0.2) is 29.6 Å². The summed E-state index contributed by atoms with van der Waals surface area (Å²) in [5, 5.41) is -0.126. The Kier molecular flexibility index (Phi) is 8.22. The molecule has 0 radical (unpaired) electrons. The summed E-state index contributed by atoms with van der Waals surface area (Å²) in [4.78, 5) is 49.7. The van der Waals surface area contributed by atoms with E-state index in [0.29, 0.717) is 0 Å². The lowest BCUT2D eigenvalue weighted by Crippen LogP contribution is -2.51. The van der Waals surface area contributed by atoms with Crippen LogP contribution in [-0.2, 0) is 33.3 Å². The number of carbonyl (C=O) groups excluding carboxylic acids is 3. The number of nitrogen functional groups attached to an aromatic ring is 1. The third-order valence-electron chi connectivity index (χ3n) is 6.21. The number of fused-ring (bicyclic) bond motifs is 1. The number of carbonyl (C=O) groups is 3. The maximum Gasteiger partial charge on any atom is 0.346 e. The van der Waals surface area contributed by atoms with Crippen LogP contribution in [0.15, 0.2) is 19.0 Å². The molecule has 2 aromatic rings. The number of aromatic nitrogens is 4. The number of anilines is 1. The Morgan fingerprint density at radius 3 is 2.68 bits per heavy atom. The molecule has 198 valence electrons. The first kappa shape index (κ1) is 28.0. The van der Waals surface area contributed by atoms with Gasteiger partial charge in [-0.2, -0.15) is 9.97 Å². The molecule has 0 aromatic carbocycles. The molecule has 1 unspecified atom stereocenters. The van der Waals surface area contributed by atoms with Crippen LogP contribution >= 0.6 is 11.6 Å². The van der Waals surface area contributed by atoms with Crippen molar-refractivity contribution in [3.63, 3.8) is 0 Å². The van der Waals surface area contributed by atoms with Crippen LogP contribution in [0, 0.1) is 17.8 Å². The fourth-order valence-corrected chi connectivity index (χ4v) is 4.35. The predicted octanol–water partition coefficient (Wildman–Crippen LogP) is 2.01. The highest BCUT2D eigenvalue weighted by Crippen LogP contribution is 2.46. The van der Waals surface area contributed by atoms with Crippen LogP contribution in [0.2, 0.25) is 5.28 Å². The van der Waals surface area contributed by atoms with Gasteiger partial charge in [-0.05, 0) is 32.4 Å². The van der Waals surface area contributed by atoms with Crippen molar-refractivity contribution in [2.45, 2.75) is 58.2 Å². The normalized spacial score (nSPS) is 24.7. The zero-order valence-corrected chi connectivity index (χ0v) is 21.7. The summed E-state index contributed by atoms with van der Waals surface area (Å²) >= 11 is 6.00. The number of Topliss-reactive ketones (excluding diaryl/α,β-unsaturated/α-hetero) is 1. The number of ether oxygens (including phenoxy) is 4. The van der Waals surface area contributed by atoms with Crippen LogP contribution in [0.3, 0.4) is 0 Å². The Morgan fingerprint density at radius 1 is 1.41 bits per heavy atom. The second kappa shape index (κ2) is 10.8. The molecule has 0 saturated carbocycles. The molecule has 2 N–H and O–H groups in total. The van der Waals surface area contributed by atoms with Gasteiger partial charge >= 0.3 is 11.9 Å². The van der Waals surface area contributed by atoms with E-state index in [2.05, 4.69) is 27.5 Å². The quantitative estimate of drug-likeness (QED) is 0.156. The van der Waals surface area contributed by atoms with Gasteiger partial charge in [0.05, 0.1) is 25.0 Å². The highest BCUT2D eigenvalue weighted by atomic mass is 35.5. The first-order chi connectivity index (χ1) is 17.4. The van der Waals surface area contributed by atoms with Crippen molar-refractivity contribution >= 4 is 46.3 Å². The van der Waals surface area contributed by atoms with Crippen LogP contribution in [0.1, 0.15) is 40.3 Å². The first-order valence-electron chi connectivity index (χ1n) is 11.3. The van der Waals surface area contributed by atoms with E-state index in [0.717, 1.165) is 0 Å². The lowest BCUT2D eigenvalue weighted by molar-refractivity contribution is -0.182. The molecular weight excluding hydrogens is 506 g/mol. The van der Waals surface area contributed by atoms with E-state index in [1.807, 2.05) is 0 Å². The summed E-state index contributed by atoms with van der Waals surface area (Å²) in [5.41, 5.74) is 3.16. The fraction of sp³-hybridized carbons (Fsp3) is 0.500. The van der Waals surface area contributed by atoms with Gasteiger partial charge in [-0.25, -0.2) is 9.78 Å². The minimum absolute atomic E-state index is 0.0359. The number of imidazole rings is 1. The number of esters is 2. The van der Waals surface area contributed by atoms with Gasteiger partial charge in [-0.1, -0.05) is 12.0 Å². The van der Waals surface area contributed by atoms with E-state index in [9.17, 15) is 14.4 Å². The van der Waals surface area contributed by atoms with Crippen LogP contribution in [0.25, 0.3) is 11.2 Å². The maximum absolute atomic E-state index is 12.8. The van der Waals surface area contributed by atoms with E-state index < -0.39 is 47.2 Å². The highest BCUT2D eigenvalue weighted by molar-refractivity contribution is 6.28. The van der Waals surface area contributed by atoms with E-state index in [4.69, 9.17) is 42.7 Å². The van der Waals surface area contributed by atoms with Gasteiger partial charge in [0, 0.05) is 13.3 Å². The molecule has 1 aliphatic rings. The van der Waals surface area contributed by atoms with Crippen LogP contribution in [0.4, 0.5) is 5.82 Å². The third kappa shape index (κ3) is 5.02. The second-order valence-electron chi connectivity index (χ2n) is 8.58. The standard InChI is InChI=1S/C24H28ClN5O7/c1-7-10-24(13(4)31,21(33)34-9-3)35-11-15-23(6,8-2)17(36-14(5)32)20(37-15)30-12-27-16-18(26)28-22(25)29-19(16)30/h2,7,12,15,17,20H,1,9-11H2,3-6H3,(H2,26,28,29)/t15-,17+,20-,23+,24?/m1/s1. The largest absolute Gasteiger partial charge is 0.463 e. The summed E-state index contributed by atoms with van der Waals surface area (Å²) in [7, 11) is 0. The van der Waals surface area contributed by atoms with Crippen LogP contribution in [-0.4, -0.2) is 68.3 Å². The molecule has 0 spiro atoms. The SMILES string of the molecule is C#C[C@@]1(C)[C@@H](COC(CC=C)(C(C)=O)C(=O)OCC)O[C@@H](n2cnc3c(N)nc(Cl)nc32)[C@@H]1OC(C)=O. The predicted molar refractivity (Wildman–Crippen MR) is 132 cm³/mol. The minimum atomic E-state index is -1.96. The Balaban J connectivity index is 2.05. The summed E-state index contributed by atoms with van der Waals surface area (Å²) in [6.45, 7) is 9.02. The molecular formula is C24H28ClN5O7. The molecule has 0 bridgehead atoms. The van der Waals surface area contributed by atoms with Gasteiger partial charge in [-0.15, -0.1) is 13.0 Å². The van der Waals surface area contributed by atoms with Crippen molar-refractivity contribution in [3.8, 4) is 12.3 Å². The third-order valence-corrected chi connectivity index (χ3v) is 6.38. The fourth-order valence-electron chi connectivity index (χ4n) is 4.17. The zero-order valence-electron chi connectivity index (χ0n) is 20.9. The number of hydrogen-bond acceptors (Lipinski definition) is 11. The highest BCUT2D eigenvalue weighted by Gasteiger charge is 2.57. The number of nitrogens with zero attached hydrogens (tertiary/aromatic N) is 4. The molecule has 1 fully saturated rings. The number of ketones is 1. The molecule has 5 atom stereocenters. The van der Waals surface area contributed by atoms with Crippen molar-refractivity contribution in [3.05, 3.63) is 24.3 Å². The number of hydrogen-bond donors (Lipinski definition) is 1. The first-order valence-corrected chi connectivity index (χ1v) is 11.7. The maximum atomic E-state index is 12.8. The molecule has 12 nitrogen and oxygen atoms in total. The van der Waals surface area contributed by atoms with Crippen molar-refractivity contribution in [2.24, 2.45) is 5.41 Å². The Hall–Kier alpha value is -3.53. The lowest BCUT2D eigenvalue weighted by atomic mass is 9.81. The minimum Gasteiger partial charge on any atom is -0.463 e. The van der Waals surface area contributed by atoms with Crippen LogP contribution in [0.5, 0.6) is 0 Å². The van der Waals surface area contributed by atoms with E-state index in [-0.39, 0.29) is 41.9 Å². The van der Waals surface area contributed by atoms with Gasteiger partial charge in [0.2, 0.25) is 10.9 Å². The number of nitrogens with two attached hydrogens (primary N) is 1. The van der Waals surface area contributed by atoms with Crippen molar-refractivity contribution in [2.75, 3.05) is 18.9 Å². The molecule has 37 heavy (non-hydrogen) atoms. The topological polar surface area (TPSA) is 158 Å². The summed E-state index contributed by atoms with van der Waals surface area (Å²) in [6.07, 6.45) is 5.49. The van der Waals surface area contributed by atoms with E-state index >= 15 is 0 Å². The number of terminal acetylenes is 1. The number of halogens is 1. The monoisotopic (exact) mass is 533 g/mol. The smallest absolute Gasteiger partial charge is 0.346 e. The summed E-state index contributed by atoms with van der Waals surface area (Å²) in [6, 6.07) is 0. The molecule has 0 aliphatic carbocycles. The molecule has 1 saturated heterocycles. The zero-order chi connectivity index (χ0) is 27.5. The van der Waals surface area contributed by atoms with E-state index in [1.165, 1.54) is 30.8 Å². The molecule has 3 rings (SSSR count). The second-order valence-corrected chi connectivity index (χ2v) is 8.92. The van der Waals surface area contributed by atoms with Gasteiger partial charge in [-0.3, -0.25) is 14.2 Å². The molecule has 1 aliphatic heterocycles. The molecule has 2 aromatic heterocycles. The van der Waals surface area contributed by atoms with Crippen molar-refractivity contribution in [1.82, 2.24) is 19.5 Å². The van der Waals surface area contributed by atoms with Crippen molar-refractivity contribution in [1.29, 1.82) is 0 Å². The molecule has 3 heterocycles. The van der Waals surface area contributed by atoms with Gasteiger partial charge in [0.25, 0.3) is 0 Å². The summed E-state index contributed by atoms with van der Waals surface area (Å²) in [5.74, 6) is 0.621. The molecule has 0 amide bonds. The van der Waals surface area contributed by atoms with Crippen molar-refractivity contribution < 1.29 is 33.3 Å². The molecule has 13 heteroatoms. The Morgan fingerprint density at radius 2 is 2.11 bits per heavy atom. The van der Waals surface area contributed by atoms with Gasteiger partial charge in [0.1, 0.15) is 11.6 Å². The lowest BCUT2D eigenvalue weighted by Gasteiger charge is -2.33. The van der Waals surface area contributed by atoms with Crippen LogP contribution < -0.4 is 5.73 Å². The van der Waals surface area contributed by atoms with E-state index in [1.54, 1.807) is 13.8 Å². The van der Waals surface area contributed by atoms with Gasteiger partial charge < -0.3 is 24.7 Å². The summed E-state index contributed by atoms with van der Waals surface area (Å²) < 4.78 is 24.4. The number of rotatable bonds is 10. The average Bonchev–Trinajstić information content (AvgIpc) is 3.36. The Labute approximate surface area is 218 Å². The average molecular weight is 534 g/mol. The Bertz CT molecular complexity index is 1270.